The zero-order valence-corrected chi connectivity index (χ0v) is 14.1. The van der Waals surface area contributed by atoms with Crippen LogP contribution in [0.5, 0.6) is 0 Å². The van der Waals surface area contributed by atoms with E-state index >= 15 is 0 Å². The molecule has 0 saturated carbocycles. The summed E-state index contributed by atoms with van der Waals surface area (Å²) in [6.45, 7) is 3.58. The molecule has 140 valence electrons. The van der Waals surface area contributed by atoms with Gasteiger partial charge < -0.3 is 15.7 Å². The standard InChI is InChI=1S/C16H18F3N5O2/c1-9-7-13(20-8-10(2)25)23-14(21-9)24-15(26)22-12-5-3-11(4-6-12)16(17,18)19/h3-7,10,25H,8H2,1-2H3,(H3,20,21,22,23,24,26). The largest absolute Gasteiger partial charge is 0.416 e. The topological polar surface area (TPSA) is 99.2 Å². The van der Waals surface area contributed by atoms with Gasteiger partial charge in [-0.1, -0.05) is 0 Å². The Labute approximate surface area is 147 Å². The van der Waals surface area contributed by atoms with E-state index in [1.54, 1.807) is 19.9 Å². The molecule has 1 aromatic heterocycles. The number of hydrogen-bond acceptors (Lipinski definition) is 5. The molecule has 7 nitrogen and oxygen atoms in total. The molecule has 0 aliphatic rings. The van der Waals surface area contributed by atoms with Gasteiger partial charge in [0, 0.05) is 24.0 Å². The van der Waals surface area contributed by atoms with Crippen molar-refractivity contribution in [2.75, 3.05) is 22.5 Å². The molecule has 1 heterocycles. The number of benzene rings is 1. The number of hydrogen-bond donors (Lipinski definition) is 4. The van der Waals surface area contributed by atoms with Crippen molar-refractivity contribution in [3.63, 3.8) is 0 Å². The van der Waals surface area contributed by atoms with E-state index in [1.807, 2.05) is 0 Å². The number of aryl methyl sites for hydroxylation is 1. The highest BCUT2D eigenvalue weighted by Crippen LogP contribution is 2.29. The van der Waals surface area contributed by atoms with Gasteiger partial charge in [0.25, 0.3) is 0 Å². The molecule has 10 heteroatoms. The van der Waals surface area contributed by atoms with Gasteiger partial charge in [0.2, 0.25) is 5.95 Å². The van der Waals surface area contributed by atoms with E-state index in [4.69, 9.17) is 0 Å². The number of carbonyl (C=O) groups is 1. The van der Waals surface area contributed by atoms with E-state index in [1.165, 1.54) is 0 Å². The molecule has 0 aliphatic carbocycles. The Morgan fingerprint density at radius 3 is 2.42 bits per heavy atom. The molecule has 2 rings (SSSR count). The van der Waals surface area contributed by atoms with Crippen LogP contribution < -0.4 is 16.0 Å². The smallest absolute Gasteiger partial charge is 0.392 e. The van der Waals surface area contributed by atoms with Gasteiger partial charge in [-0.2, -0.15) is 18.2 Å². The second-order valence-electron chi connectivity index (χ2n) is 5.60. The Morgan fingerprint density at radius 1 is 1.19 bits per heavy atom. The van der Waals surface area contributed by atoms with Crippen molar-refractivity contribution in [3.8, 4) is 0 Å². The molecule has 1 aromatic carbocycles. The second-order valence-corrected chi connectivity index (χ2v) is 5.60. The van der Waals surface area contributed by atoms with Crippen molar-refractivity contribution in [1.29, 1.82) is 0 Å². The number of aliphatic hydroxyl groups excluding tert-OH is 1. The van der Waals surface area contributed by atoms with E-state index in [0.717, 1.165) is 24.3 Å². The van der Waals surface area contributed by atoms with Crippen LogP contribution in [0, 0.1) is 6.92 Å². The van der Waals surface area contributed by atoms with E-state index in [-0.39, 0.29) is 18.2 Å². The van der Waals surface area contributed by atoms with Crippen LogP contribution in [0.1, 0.15) is 18.2 Å². The lowest BCUT2D eigenvalue weighted by Crippen LogP contribution is -2.22. The number of alkyl halides is 3. The highest BCUT2D eigenvalue weighted by Gasteiger charge is 2.29. The number of urea groups is 1. The Balaban J connectivity index is 2.01. The molecular weight excluding hydrogens is 351 g/mol. The highest BCUT2D eigenvalue weighted by molar-refractivity contribution is 5.98. The van der Waals surface area contributed by atoms with Crippen molar-refractivity contribution in [1.82, 2.24) is 9.97 Å². The Hall–Kier alpha value is -2.88. The summed E-state index contributed by atoms with van der Waals surface area (Å²) >= 11 is 0. The minimum absolute atomic E-state index is 0.0162. The first-order valence-electron chi connectivity index (χ1n) is 7.66. The third-order valence-corrected chi connectivity index (χ3v) is 3.13. The van der Waals surface area contributed by atoms with Crippen LogP contribution in [0.3, 0.4) is 0 Å². The first kappa shape index (κ1) is 19.4. The number of amides is 2. The van der Waals surface area contributed by atoms with Crippen molar-refractivity contribution in [2.45, 2.75) is 26.1 Å². The summed E-state index contributed by atoms with van der Waals surface area (Å²) in [6, 6.07) is 4.98. The van der Waals surface area contributed by atoms with Crippen LogP contribution >= 0.6 is 0 Å². The molecule has 0 saturated heterocycles. The average Bonchev–Trinajstić information content (AvgIpc) is 2.52. The first-order valence-corrected chi connectivity index (χ1v) is 7.66. The Morgan fingerprint density at radius 2 is 1.85 bits per heavy atom. The van der Waals surface area contributed by atoms with E-state index in [9.17, 15) is 23.1 Å². The molecule has 1 atom stereocenters. The maximum Gasteiger partial charge on any atom is 0.416 e. The summed E-state index contributed by atoms with van der Waals surface area (Å²) in [5, 5.41) is 17.0. The molecule has 1 unspecified atom stereocenters. The van der Waals surface area contributed by atoms with Gasteiger partial charge >= 0.3 is 12.2 Å². The van der Waals surface area contributed by atoms with Crippen LogP contribution in [-0.4, -0.2) is 33.8 Å². The summed E-state index contributed by atoms with van der Waals surface area (Å²) in [7, 11) is 0. The SMILES string of the molecule is Cc1cc(NCC(C)O)nc(NC(=O)Nc2ccc(C(F)(F)F)cc2)n1. The van der Waals surface area contributed by atoms with Gasteiger partial charge in [0.05, 0.1) is 11.7 Å². The van der Waals surface area contributed by atoms with Crippen LogP contribution in [0.2, 0.25) is 0 Å². The minimum Gasteiger partial charge on any atom is -0.392 e. The zero-order valence-electron chi connectivity index (χ0n) is 14.1. The summed E-state index contributed by atoms with van der Waals surface area (Å²) in [5.41, 5.74) is -0.0344. The number of anilines is 3. The highest BCUT2D eigenvalue weighted by atomic mass is 19.4. The number of nitrogens with one attached hydrogen (secondary N) is 3. The molecular formula is C16H18F3N5O2. The molecule has 2 amide bonds. The van der Waals surface area contributed by atoms with Crippen molar-refractivity contribution >= 4 is 23.5 Å². The molecule has 0 radical (unpaired) electrons. The normalized spacial score (nSPS) is 12.4. The number of aromatic nitrogens is 2. The lowest BCUT2D eigenvalue weighted by atomic mass is 10.2. The fraction of sp³-hybridized carbons (Fsp3) is 0.312. The van der Waals surface area contributed by atoms with Gasteiger partial charge in [-0.3, -0.25) is 5.32 Å². The summed E-state index contributed by atoms with van der Waals surface area (Å²) in [6.07, 6.45) is -5.02. The quantitative estimate of drug-likeness (QED) is 0.649. The summed E-state index contributed by atoms with van der Waals surface area (Å²) in [5.74, 6) is 0.436. The van der Waals surface area contributed by atoms with E-state index in [2.05, 4.69) is 25.9 Å². The number of halogens is 3. The number of rotatable bonds is 5. The van der Waals surface area contributed by atoms with Crippen LogP contribution in [0.4, 0.5) is 35.4 Å². The predicted octanol–water partition coefficient (Wildman–Crippen LogP) is 3.24. The number of carbonyl (C=O) groups excluding carboxylic acids is 1. The van der Waals surface area contributed by atoms with Crippen molar-refractivity contribution in [3.05, 3.63) is 41.6 Å². The zero-order chi connectivity index (χ0) is 19.3. The second kappa shape index (κ2) is 8.00. The first-order chi connectivity index (χ1) is 12.1. The third-order valence-electron chi connectivity index (χ3n) is 3.13. The number of aliphatic hydroxyl groups is 1. The Bertz CT molecular complexity index is 763. The monoisotopic (exact) mass is 369 g/mol. The fourth-order valence-electron chi connectivity index (χ4n) is 1.97. The molecule has 0 bridgehead atoms. The van der Waals surface area contributed by atoms with Crippen molar-refractivity contribution in [2.24, 2.45) is 0 Å². The lowest BCUT2D eigenvalue weighted by Gasteiger charge is -2.11. The maximum absolute atomic E-state index is 12.5. The average molecular weight is 369 g/mol. The van der Waals surface area contributed by atoms with Crippen LogP contribution in [0.15, 0.2) is 30.3 Å². The predicted molar refractivity (Wildman–Crippen MR) is 91.0 cm³/mol. The van der Waals surface area contributed by atoms with Gasteiger partial charge in [0.1, 0.15) is 5.82 Å². The van der Waals surface area contributed by atoms with Crippen LogP contribution in [-0.2, 0) is 6.18 Å². The maximum atomic E-state index is 12.5. The summed E-state index contributed by atoms with van der Waals surface area (Å²) < 4.78 is 37.6. The lowest BCUT2D eigenvalue weighted by molar-refractivity contribution is -0.137. The van der Waals surface area contributed by atoms with Gasteiger partial charge in [-0.15, -0.1) is 0 Å². The van der Waals surface area contributed by atoms with Gasteiger partial charge in [-0.25, -0.2) is 9.78 Å². The Kier molecular flexibility index (Phi) is 5.98. The molecule has 4 N–H and O–H groups in total. The number of nitrogens with zero attached hydrogens (tertiary/aromatic N) is 2. The van der Waals surface area contributed by atoms with E-state index < -0.39 is 23.9 Å². The van der Waals surface area contributed by atoms with Crippen LogP contribution in [0.25, 0.3) is 0 Å². The van der Waals surface area contributed by atoms with Gasteiger partial charge in [0.15, 0.2) is 0 Å². The van der Waals surface area contributed by atoms with Crippen molar-refractivity contribution < 1.29 is 23.1 Å². The molecule has 0 spiro atoms. The molecule has 26 heavy (non-hydrogen) atoms. The minimum atomic E-state index is -4.44. The third kappa shape index (κ3) is 5.88. The molecule has 2 aromatic rings. The van der Waals surface area contributed by atoms with E-state index in [0.29, 0.717) is 11.5 Å². The van der Waals surface area contributed by atoms with Gasteiger partial charge in [-0.05, 0) is 38.1 Å². The fourth-order valence-corrected chi connectivity index (χ4v) is 1.97. The molecule has 0 fully saturated rings. The molecule has 0 aliphatic heterocycles. The summed E-state index contributed by atoms with van der Waals surface area (Å²) in [4.78, 5) is 20.1.